The van der Waals surface area contributed by atoms with Gasteiger partial charge >= 0.3 is 0 Å². The van der Waals surface area contributed by atoms with E-state index >= 15 is 0 Å². The number of imidazole rings is 1. The van der Waals surface area contributed by atoms with Crippen LogP contribution in [0.4, 0.5) is 17.2 Å². The first-order valence-electron chi connectivity index (χ1n) is 11.7. The lowest BCUT2D eigenvalue weighted by atomic mass is 10.1. The molecule has 0 fully saturated rings. The van der Waals surface area contributed by atoms with E-state index in [2.05, 4.69) is 87.8 Å². The molecule has 0 atom stereocenters. The number of nitrogens with zero attached hydrogens (tertiary/aromatic N) is 5. The molecule has 0 radical (unpaired) electrons. The predicted molar refractivity (Wildman–Crippen MR) is 141 cm³/mol. The fourth-order valence-corrected chi connectivity index (χ4v) is 5.15. The topological polar surface area (TPSA) is 45.9 Å². The molecule has 35 heavy (non-hydrogen) atoms. The minimum Gasteiger partial charge on any atom is -0.457 e. The third-order valence-corrected chi connectivity index (χ3v) is 6.74. The summed E-state index contributed by atoms with van der Waals surface area (Å²) in [7, 11) is 2.06. The van der Waals surface area contributed by atoms with Crippen LogP contribution >= 0.6 is 0 Å². The monoisotopic (exact) mass is 457 g/mol. The largest absolute Gasteiger partial charge is 0.457 e. The van der Waals surface area contributed by atoms with E-state index < -0.39 is 0 Å². The van der Waals surface area contributed by atoms with Crippen molar-refractivity contribution in [3.8, 4) is 11.5 Å². The first kappa shape index (κ1) is 19.9. The Balaban J connectivity index is 1.30. The van der Waals surface area contributed by atoms with Gasteiger partial charge in [0.1, 0.15) is 17.1 Å². The van der Waals surface area contributed by atoms with E-state index in [1.54, 1.807) is 0 Å². The number of fused-ring (bicyclic) bond motifs is 7. The van der Waals surface area contributed by atoms with Gasteiger partial charge in [-0.25, -0.2) is 9.97 Å². The van der Waals surface area contributed by atoms with E-state index in [1.165, 1.54) is 10.8 Å². The van der Waals surface area contributed by atoms with Crippen LogP contribution in [0.3, 0.4) is 0 Å². The molecule has 0 aliphatic carbocycles. The van der Waals surface area contributed by atoms with Crippen molar-refractivity contribution in [1.29, 1.82) is 0 Å². The second-order valence-electron chi connectivity index (χ2n) is 9.00. The van der Waals surface area contributed by atoms with Crippen LogP contribution < -0.4 is 14.5 Å². The number of hydrogen-bond donors (Lipinski definition) is 0. The van der Waals surface area contributed by atoms with Crippen molar-refractivity contribution in [3.05, 3.63) is 97.0 Å². The van der Waals surface area contributed by atoms with Crippen LogP contribution in [0.25, 0.3) is 27.3 Å². The molecule has 1 aliphatic rings. The summed E-state index contributed by atoms with van der Waals surface area (Å²) in [6, 6.07) is 27.0. The predicted octanol–water partition coefficient (Wildman–Crippen LogP) is 6.68. The third-order valence-electron chi connectivity index (χ3n) is 6.74. The normalized spacial score (nSPS) is 13.2. The number of hydrogen-bond acceptors (Lipinski definition) is 5. The van der Waals surface area contributed by atoms with Crippen LogP contribution in [0.2, 0.25) is 0 Å². The Labute approximate surface area is 202 Å². The Bertz CT molecular complexity index is 1760. The molecule has 0 amide bonds. The lowest BCUT2D eigenvalue weighted by Gasteiger charge is -2.20. The van der Waals surface area contributed by atoms with Crippen molar-refractivity contribution in [1.82, 2.24) is 14.4 Å². The number of para-hydroxylation sites is 1. The van der Waals surface area contributed by atoms with Crippen molar-refractivity contribution >= 4 is 44.5 Å². The van der Waals surface area contributed by atoms with Gasteiger partial charge < -0.3 is 14.5 Å². The Hall–Kier alpha value is -4.58. The molecule has 3 aromatic carbocycles. The van der Waals surface area contributed by atoms with E-state index in [4.69, 9.17) is 9.72 Å². The third kappa shape index (κ3) is 3.03. The summed E-state index contributed by atoms with van der Waals surface area (Å²) in [5, 5.41) is 3.45. The van der Waals surface area contributed by atoms with Crippen LogP contribution in [0.1, 0.15) is 5.69 Å². The van der Waals surface area contributed by atoms with E-state index in [9.17, 15) is 0 Å². The van der Waals surface area contributed by atoms with Gasteiger partial charge in [-0.2, -0.15) is 0 Å². The second kappa shape index (κ2) is 7.46. The van der Waals surface area contributed by atoms with E-state index in [0.29, 0.717) is 0 Å². The molecule has 170 valence electrons. The van der Waals surface area contributed by atoms with Gasteiger partial charge in [0.25, 0.3) is 0 Å². The van der Waals surface area contributed by atoms with Gasteiger partial charge in [-0.05, 0) is 60.8 Å². The van der Waals surface area contributed by atoms with Crippen LogP contribution in [0.5, 0.6) is 11.5 Å². The molecule has 4 heterocycles. The van der Waals surface area contributed by atoms with Gasteiger partial charge in [0.2, 0.25) is 0 Å². The van der Waals surface area contributed by atoms with E-state index in [0.717, 1.165) is 57.6 Å². The maximum atomic E-state index is 6.38. The van der Waals surface area contributed by atoms with Crippen molar-refractivity contribution < 1.29 is 4.74 Å². The van der Waals surface area contributed by atoms with Crippen LogP contribution in [-0.2, 0) is 0 Å². The number of rotatable bonds is 3. The number of pyridine rings is 2. The number of benzene rings is 3. The fourth-order valence-electron chi connectivity index (χ4n) is 5.15. The minimum absolute atomic E-state index is 0.746. The van der Waals surface area contributed by atoms with Gasteiger partial charge in [0, 0.05) is 47.7 Å². The number of aromatic nitrogens is 3. The first-order chi connectivity index (χ1) is 17.2. The maximum absolute atomic E-state index is 6.38. The van der Waals surface area contributed by atoms with Gasteiger partial charge in [-0.3, -0.25) is 4.40 Å². The SMILES string of the molecule is Cc1cnc2c3cc(Oc4cccc(N5CN(C)c6ncccc65)c4)ccc3c3ccccc3n12. The molecule has 6 heteroatoms. The minimum atomic E-state index is 0.746. The number of anilines is 3. The second-order valence-corrected chi connectivity index (χ2v) is 9.00. The zero-order valence-corrected chi connectivity index (χ0v) is 19.5. The molecule has 0 N–H and O–H groups in total. The van der Waals surface area contributed by atoms with Gasteiger partial charge in [-0.1, -0.05) is 24.3 Å². The molecule has 0 saturated heterocycles. The lowest BCUT2D eigenvalue weighted by Crippen LogP contribution is -2.24. The molecule has 6 aromatic rings. The molecule has 7 rings (SSSR count). The smallest absolute Gasteiger partial charge is 0.153 e. The Morgan fingerprint density at radius 3 is 2.63 bits per heavy atom. The maximum Gasteiger partial charge on any atom is 0.153 e. The first-order valence-corrected chi connectivity index (χ1v) is 11.7. The number of ether oxygens (including phenoxy) is 1. The summed E-state index contributed by atoms with van der Waals surface area (Å²) in [5.74, 6) is 2.56. The highest BCUT2D eigenvalue weighted by molar-refractivity contribution is 6.12. The van der Waals surface area contributed by atoms with Crippen molar-refractivity contribution in [2.75, 3.05) is 23.5 Å². The molecule has 1 aliphatic heterocycles. The average Bonchev–Trinajstić information content (AvgIpc) is 3.45. The fraction of sp³-hybridized carbons (Fsp3) is 0.103. The summed E-state index contributed by atoms with van der Waals surface area (Å²) in [6.45, 7) is 2.84. The van der Waals surface area contributed by atoms with E-state index in [-0.39, 0.29) is 0 Å². The quantitative estimate of drug-likeness (QED) is 0.277. The molecule has 0 unspecified atom stereocenters. The van der Waals surface area contributed by atoms with Gasteiger partial charge in [0.05, 0.1) is 17.9 Å². The van der Waals surface area contributed by atoms with Crippen molar-refractivity contribution in [3.63, 3.8) is 0 Å². The summed E-state index contributed by atoms with van der Waals surface area (Å²) in [5.41, 5.74) is 5.39. The van der Waals surface area contributed by atoms with Crippen molar-refractivity contribution in [2.45, 2.75) is 6.92 Å². The van der Waals surface area contributed by atoms with Gasteiger partial charge in [-0.15, -0.1) is 0 Å². The Morgan fingerprint density at radius 2 is 1.69 bits per heavy atom. The molecule has 0 spiro atoms. The average molecular weight is 458 g/mol. The highest BCUT2D eigenvalue weighted by Gasteiger charge is 2.25. The molecular formula is C29H23N5O. The lowest BCUT2D eigenvalue weighted by molar-refractivity contribution is 0.483. The summed E-state index contributed by atoms with van der Waals surface area (Å²) in [4.78, 5) is 13.7. The van der Waals surface area contributed by atoms with Crippen LogP contribution in [0.15, 0.2) is 91.3 Å². The van der Waals surface area contributed by atoms with Crippen LogP contribution in [0, 0.1) is 6.92 Å². The number of aryl methyl sites for hydroxylation is 1. The zero-order chi connectivity index (χ0) is 23.5. The molecule has 3 aromatic heterocycles. The van der Waals surface area contributed by atoms with Crippen molar-refractivity contribution in [2.24, 2.45) is 0 Å². The molecule has 6 nitrogen and oxygen atoms in total. The Kier molecular flexibility index (Phi) is 4.23. The molecule has 0 bridgehead atoms. The zero-order valence-electron chi connectivity index (χ0n) is 19.5. The van der Waals surface area contributed by atoms with Gasteiger partial charge in [0.15, 0.2) is 5.82 Å². The Morgan fingerprint density at radius 1 is 0.800 bits per heavy atom. The highest BCUT2D eigenvalue weighted by atomic mass is 16.5. The van der Waals surface area contributed by atoms with Crippen LogP contribution in [-0.4, -0.2) is 28.1 Å². The molecular weight excluding hydrogens is 434 g/mol. The highest BCUT2D eigenvalue weighted by Crippen LogP contribution is 2.40. The molecule has 0 saturated carbocycles. The standard InChI is InChI=1S/C29H23N5O/c1-19-17-31-28-25-16-22(12-13-23(25)24-9-3-4-10-26(24)34(19)28)35-21-8-5-7-20(15-21)33-18-32(2)29-27(33)11-6-14-30-29/h3-17H,18H2,1-2H3. The summed E-state index contributed by atoms with van der Waals surface area (Å²) in [6.07, 6.45) is 3.76. The van der Waals surface area contributed by atoms with E-state index in [1.807, 2.05) is 36.7 Å². The summed E-state index contributed by atoms with van der Waals surface area (Å²) >= 11 is 0. The summed E-state index contributed by atoms with van der Waals surface area (Å²) < 4.78 is 8.60.